The van der Waals surface area contributed by atoms with Gasteiger partial charge in [0, 0.05) is 30.9 Å². The minimum absolute atomic E-state index is 0.0242. The summed E-state index contributed by atoms with van der Waals surface area (Å²) >= 11 is 0. The van der Waals surface area contributed by atoms with Gasteiger partial charge in [-0.15, -0.1) is 0 Å². The van der Waals surface area contributed by atoms with E-state index in [1.54, 1.807) is 0 Å². The van der Waals surface area contributed by atoms with Crippen LogP contribution in [0.25, 0.3) is 0 Å². The highest BCUT2D eigenvalue weighted by molar-refractivity contribution is 5.92. The minimum Gasteiger partial charge on any atom is -0.475 e. The Balaban J connectivity index is 0.000000412. The molecule has 2 heterocycles. The number of amides is 1. The van der Waals surface area contributed by atoms with Gasteiger partial charge < -0.3 is 15.3 Å². The summed E-state index contributed by atoms with van der Waals surface area (Å²) in [5.74, 6) is -2.38. The molecule has 1 fully saturated rings. The first-order valence-corrected chi connectivity index (χ1v) is 8.15. The molecule has 0 aliphatic carbocycles. The SMILES string of the molecule is CC(C)c1cccc(C(=O)N2CCNC(C)(C)C2)n1.O=C(O)C(F)(F)F. The first kappa shape index (κ1) is 21.9. The van der Waals surface area contributed by atoms with E-state index in [-0.39, 0.29) is 11.4 Å². The van der Waals surface area contributed by atoms with Gasteiger partial charge in [-0.3, -0.25) is 4.79 Å². The summed E-state index contributed by atoms with van der Waals surface area (Å²) in [6, 6.07) is 5.70. The summed E-state index contributed by atoms with van der Waals surface area (Å²) in [6.45, 7) is 10.7. The van der Waals surface area contributed by atoms with Gasteiger partial charge in [0.2, 0.25) is 0 Å². The van der Waals surface area contributed by atoms with Crippen LogP contribution in [0.1, 0.15) is 49.8 Å². The smallest absolute Gasteiger partial charge is 0.475 e. The fraction of sp³-hybridized carbons (Fsp3) is 0.588. The lowest BCUT2D eigenvalue weighted by molar-refractivity contribution is -0.192. The van der Waals surface area contributed by atoms with Crippen LogP contribution < -0.4 is 5.32 Å². The normalized spacial score (nSPS) is 16.7. The van der Waals surface area contributed by atoms with Gasteiger partial charge in [0.05, 0.1) is 0 Å². The van der Waals surface area contributed by atoms with E-state index in [1.165, 1.54) is 0 Å². The zero-order valence-electron chi connectivity index (χ0n) is 15.2. The van der Waals surface area contributed by atoms with Gasteiger partial charge in [0.1, 0.15) is 5.69 Å². The minimum atomic E-state index is -5.08. The van der Waals surface area contributed by atoms with Crippen molar-refractivity contribution >= 4 is 11.9 Å². The molecule has 1 aromatic rings. The highest BCUT2D eigenvalue weighted by atomic mass is 19.4. The molecule has 1 saturated heterocycles. The summed E-state index contributed by atoms with van der Waals surface area (Å²) in [4.78, 5) is 27.8. The number of nitrogens with one attached hydrogen (secondary N) is 1. The molecule has 1 aliphatic rings. The third kappa shape index (κ3) is 6.62. The van der Waals surface area contributed by atoms with E-state index in [9.17, 15) is 18.0 Å². The number of alkyl halides is 3. The average Bonchev–Trinajstić information content (AvgIpc) is 2.53. The molecule has 1 amide bonds. The summed E-state index contributed by atoms with van der Waals surface area (Å²) in [5.41, 5.74) is 1.51. The molecule has 0 spiro atoms. The third-order valence-corrected chi connectivity index (χ3v) is 3.68. The van der Waals surface area contributed by atoms with Crippen molar-refractivity contribution in [3.8, 4) is 0 Å². The van der Waals surface area contributed by atoms with Gasteiger partial charge in [0.25, 0.3) is 5.91 Å². The quantitative estimate of drug-likeness (QED) is 0.831. The number of carbonyl (C=O) groups excluding carboxylic acids is 1. The molecule has 0 bridgehead atoms. The van der Waals surface area contributed by atoms with Gasteiger partial charge in [-0.2, -0.15) is 13.2 Å². The Morgan fingerprint density at radius 1 is 1.31 bits per heavy atom. The zero-order chi connectivity index (χ0) is 20.1. The fourth-order valence-corrected chi connectivity index (χ4v) is 2.37. The highest BCUT2D eigenvalue weighted by Gasteiger charge is 2.38. The summed E-state index contributed by atoms with van der Waals surface area (Å²) in [5, 5.41) is 10.5. The maximum absolute atomic E-state index is 12.5. The molecule has 6 nitrogen and oxygen atoms in total. The van der Waals surface area contributed by atoms with Gasteiger partial charge >= 0.3 is 12.1 Å². The first-order chi connectivity index (χ1) is 11.8. The second-order valence-electron chi connectivity index (χ2n) is 6.94. The number of halogens is 3. The Morgan fingerprint density at radius 3 is 2.35 bits per heavy atom. The Bertz CT molecular complexity index is 646. The van der Waals surface area contributed by atoms with Crippen LogP contribution in [0.3, 0.4) is 0 Å². The standard InChI is InChI=1S/C15H23N3O.C2HF3O2/c1-11(2)12-6-5-7-13(17-12)14(19)18-9-8-16-15(3,4)10-18;3-2(4,5)1(6)7/h5-7,11,16H,8-10H2,1-4H3;(H,6,7). The number of nitrogens with zero attached hydrogens (tertiary/aromatic N) is 2. The van der Waals surface area contributed by atoms with Crippen molar-refractivity contribution < 1.29 is 27.9 Å². The molecule has 1 aromatic heterocycles. The van der Waals surface area contributed by atoms with E-state index < -0.39 is 12.1 Å². The van der Waals surface area contributed by atoms with Crippen LogP contribution in [-0.4, -0.2) is 58.2 Å². The molecule has 0 saturated carbocycles. The van der Waals surface area contributed by atoms with Crippen molar-refractivity contribution in [2.75, 3.05) is 19.6 Å². The predicted molar refractivity (Wildman–Crippen MR) is 90.0 cm³/mol. The number of aromatic nitrogens is 1. The number of rotatable bonds is 2. The average molecular weight is 375 g/mol. The van der Waals surface area contributed by atoms with Crippen LogP contribution in [0, 0.1) is 0 Å². The van der Waals surface area contributed by atoms with Crippen LogP contribution in [0.4, 0.5) is 13.2 Å². The van der Waals surface area contributed by atoms with Crippen LogP contribution >= 0.6 is 0 Å². The van der Waals surface area contributed by atoms with Crippen LogP contribution in [0.5, 0.6) is 0 Å². The van der Waals surface area contributed by atoms with E-state index in [0.717, 1.165) is 25.3 Å². The van der Waals surface area contributed by atoms with Gasteiger partial charge in [-0.05, 0) is 31.9 Å². The van der Waals surface area contributed by atoms with Crippen molar-refractivity contribution in [1.82, 2.24) is 15.2 Å². The molecule has 0 radical (unpaired) electrons. The number of hydrogen-bond acceptors (Lipinski definition) is 4. The van der Waals surface area contributed by atoms with Crippen molar-refractivity contribution in [2.45, 2.75) is 45.3 Å². The molecule has 1 aliphatic heterocycles. The Labute approximate surface area is 150 Å². The summed E-state index contributed by atoms with van der Waals surface area (Å²) in [6.07, 6.45) is -5.08. The first-order valence-electron chi connectivity index (χ1n) is 8.15. The van der Waals surface area contributed by atoms with Gasteiger partial charge in [0.15, 0.2) is 0 Å². The Kier molecular flexibility index (Phi) is 7.14. The Morgan fingerprint density at radius 2 is 1.88 bits per heavy atom. The van der Waals surface area contributed by atoms with E-state index >= 15 is 0 Å². The number of hydrogen-bond donors (Lipinski definition) is 2. The lowest BCUT2D eigenvalue weighted by Crippen LogP contribution is -2.58. The van der Waals surface area contributed by atoms with Gasteiger partial charge in [-0.1, -0.05) is 19.9 Å². The van der Waals surface area contributed by atoms with Crippen molar-refractivity contribution in [2.24, 2.45) is 0 Å². The number of pyridine rings is 1. The van der Waals surface area contributed by atoms with Crippen LogP contribution in [-0.2, 0) is 4.79 Å². The van der Waals surface area contributed by atoms with E-state index in [1.807, 2.05) is 23.1 Å². The maximum Gasteiger partial charge on any atom is 0.490 e. The number of piperazine rings is 1. The largest absolute Gasteiger partial charge is 0.490 e. The molecule has 26 heavy (non-hydrogen) atoms. The lowest BCUT2D eigenvalue weighted by Gasteiger charge is -2.39. The third-order valence-electron chi connectivity index (χ3n) is 3.68. The Hall–Kier alpha value is -2.16. The van der Waals surface area contributed by atoms with Crippen LogP contribution in [0.15, 0.2) is 18.2 Å². The number of carboxylic acid groups (broad SMARTS) is 1. The van der Waals surface area contributed by atoms with Crippen LogP contribution in [0.2, 0.25) is 0 Å². The monoisotopic (exact) mass is 375 g/mol. The number of aliphatic carboxylic acids is 1. The van der Waals surface area contributed by atoms with Crippen molar-refractivity contribution in [3.05, 3.63) is 29.6 Å². The molecular formula is C17H24F3N3O3. The van der Waals surface area contributed by atoms with E-state index in [0.29, 0.717) is 11.6 Å². The predicted octanol–water partition coefficient (Wildman–Crippen LogP) is 2.66. The second kappa shape index (κ2) is 8.48. The molecule has 0 aromatic carbocycles. The molecule has 2 N–H and O–H groups in total. The molecule has 0 atom stereocenters. The molecule has 0 unspecified atom stereocenters. The summed E-state index contributed by atoms with van der Waals surface area (Å²) in [7, 11) is 0. The summed E-state index contributed by atoms with van der Waals surface area (Å²) < 4.78 is 31.7. The number of carbonyl (C=O) groups is 2. The number of carboxylic acids is 1. The van der Waals surface area contributed by atoms with Crippen molar-refractivity contribution in [1.29, 1.82) is 0 Å². The zero-order valence-corrected chi connectivity index (χ0v) is 15.2. The van der Waals surface area contributed by atoms with E-state index in [2.05, 4.69) is 38.0 Å². The van der Waals surface area contributed by atoms with Gasteiger partial charge in [-0.25, -0.2) is 9.78 Å². The maximum atomic E-state index is 12.5. The topological polar surface area (TPSA) is 82.5 Å². The molecule has 9 heteroatoms. The fourth-order valence-electron chi connectivity index (χ4n) is 2.37. The van der Waals surface area contributed by atoms with Crippen molar-refractivity contribution in [3.63, 3.8) is 0 Å². The molecule has 2 rings (SSSR count). The molecule has 146 valence electrons. The molecular weight excluding hydrogens is 351 g/mol. The second-order valence-corrected chi connectivity index (χ2v) is 6.94. The lowest BCUT2D eigenvalue weighted by atomic mass is 10.0. The highest BCUT2D eigenvalue weighted by Crippen LogP contribution is 2.16. The van der Waals surface area contributed by atoms with E-state index in [4.69, 9.17) is 9.90 Å².